The number of rotatable bonds is 3. The molecule has 0 unspecified atom stereocenters. The molecule has 0 spiro atoms. The predicted molar refractivity (Wildman–Crippen MR) is 111 cm³/mol. The summed E-state index contributed by atoms with van der Waals surface area (Å²) in [5.41, 5.74) is 5.87. The number of H-pyrrole nitrogens is 1. The quantitative estimate of drug-likeness (QED) is 0.348. The number of phenols is 2. The molecule has 2 aromatic carbocycles. The molecule has 0 atom stereocenters. The molecular formula is C21H16BrNO2S. The summed E-state index contributed by atoms with van der Waals surface area (Å²) in [6, 6.07) is 15.0. The van der Waals surface area contributed by atoms with Crippen molar-refractivity contribution in [3.8, 4) is 44.3 Å². The Morgan fingerprint density at radius 2 is 1.77 bits per heavy atom. The lowest BCUT2D eigenvalue weighted by Crippen LogP contribution is -1.88. The Kier molecular flexibility index (Phi) is 4.34. The number of aromatic amines is 1. The molecule has 2 aromatic heterocycles. The van der Waals surface area contributed by atoms with Crippen LogP contribution >= 0.6 is 27.3 Å². The number of hydrogen-bond donors (Lipinski definition) is 3. The van der Waals surface area contributed by atoms with Crippen molar-refractivity contribution < 1.29 is 10.2 Å². The molecule has 0 aliphatic heterocycles. The molecule has 0 amide bonds. The molecule has 4 rings (SSSR count). The summed E-state index contributed by atoms with van der Waals surface area (Å²) in [6.07, 6.45) is 1.91. The minimum absolute atomic E-state index is 0.0432. The van der Waals surface area contributed by atoms with Crippen molar-refractivity contribution in [3.05, 3.63) is 70.1 Å². The second-order valence-corrected chi connectivity index (χ2v) is 7.95. The number of halogens is 1. The van der Waals surface area contributed by atoms with Crippen LogP contribution in [0.2, 0.25) is 0 Å². The van der Waals surface area contributed by atoms with Gasteiger partial charge in [-0.3, -0.25) is 0 Å². The third-order valence-electron chi connectivity index (χ3n) is 4.38. The zero-order valence-corrected chi connectivity index (χ0v) is 16.4. The fourth-order valence-corrected chi connectivity index (χ4v) is 4.40. The lowest BCUT2D eigenvalue weighted by molar-refractivity contribution is 0.452. The molecule has 2 heterocycles. The molecule has 26 heavy (non-hydrogen) atoms. The van der Waals surface area contributed by atoms with Crippen molar-refractivity contribution in [1.82, 2.24) is 4.98 Å². The van der Waals surface area contributed by atoms with E-state index < -0.39 is 0 Å². The van der Waals surface area contributed by atoms with Crippen molar-refractivity contribution in [3.63, 3.8) is 0 Å². The highest BCUT2D eigenvalue weighted by Gasteiger charge is 2.20. The van der Waals surface area contributed by atoms with E-state index in [1.165, 1.54) is 6.07 Å². The van der Waals surface area contributed by atoms with E-state index in [-0.39, 0.29) is 11.5 Å². The summed E-state index contributed by atoms with van der Waals surface area (Å²) in [5, 5.41) is 22.1. The van der Waals surface area contributed by atoms with Crippen molar-refractivity contribution in [2.75, 3.05) is 0 Å². The first-order valence-electron chi connectivity index (χ1n) is 8.08. The van der Waals surface area contributed by atoms with Crippen LogP contribution < -0.4 is 0 Å². The second kappa shape index (κ2) is 6.67. The van der Waals surface area contributed by atoms with E-state index in [4.69, 9.17) is 0 Å². The fraction of sp³-hybridized carbons (Fsp3) is 0.0476. The monoisotopic (exact) mass is 425 g/mol. The smallest absolute Gasteiger partial charge is 0.127 e. The molecule has 0 aliphatic carbocycles. The first-order chi connectivity index (χ1) is 12.5. The summed E-state index contributed by atoms with van der Waals surface area (Å²) in [6.45, 7) is 2.08. The van der Waals surface area contributed by atoms with Crippen LogP contribution in [0.25, 0.3) is 32.8 Å². The molecule has 0 saturated carbocycles. The van der Waals surface area contributed by atoms with Crippen LogP contribution in [0.15, 0.2) is 64.6 Å². The van der Waals surface area contributed by atoms with Gasteiger partial charge in [-0.2, -0.15) is 0 Å². The van der Waals surface area contributed by atoms with E-state index >= 15 is 0 Å². The third kappa shape index (κ3) is 2.93. The third-order valence-corrected chi connectivity index (χ3v) is 5.76. The summed E-state index contributed by atoms with van der Waals surface area (Å²) < 4.78 is 1.03. The van der Waals surface area contributed by atoms with Crippen LogP contribution in [0.5, 0.6) is 11.5 Å². The summed E-state index contributed by atoms with van der Waals surface area (Å²) >= 11 is 5.19. The Labute approximate surface area is 163 Å². The molecule has 4 aromatic rings. The van der Waals surface area contributed by atoms with E-state index in [2.05, 4.69) is 46.0 Å². The number of thiophene rings is 1. The number of nitrogens with one attached hydrogen (secondary N) is 1. The van der Waals surface area contributed by atoms with E-state index in [0.717, 1.165) is 37.3 Å². The number of phenolic OH excluding ortho intramolecular Hbond substituents is 2. The predicted octanol–water partition coefficient (Wildman–Crippen LogP) is 6.56. The molecule has 5 heteroatoms. The second-order valence-electron chi connectivity index (χ2n) is 6.09. The largest absolute Gasteiger partial charge is 0.508 e. The highest BCUT2D eigenvalue weighted by atomic mass is 79.9. The molecule has 3 N–H and O–H groups in total. The van der Waals surface area contributed by atoms with Gasteiger partial charge in [0.05, 0.1) is 10.6 Å². The number of aromatic nitrogens is 1. The molecule has 0 saturated heterocycles. The molecule has 0 bridgehead atoms. The van der Waals surface area contributed by atoms with Crippen molar-refractivity contribution in [2.45, 2.75) is 6.92 Å². The topological polar surface area (TPSA) is 56.2 Å². The van der Waals surface area contributed by atoms with Gasteiger partial charge < -0.3 is 15.2 Å². The van der Waals surface area contributed by atoms with Crippen LogP contribution in [0, 0.1) is 6.92 Å². The van der Waals surface area contributed by atoms with Crippen LogP contribution in [0.3, 0.4) is 0 Å². The minimum atomic E-state index is 0.0432. The normalized spacial score (nSPS) is 11.0. The molecule has 0 fully saturated rings. The van der Waals surface area contributed by atoms with Gasteiger partial charge in [-0.25, -0.2) is 0 Å². The van der Waals surface area contributed by atoms with Gasteiger partial charge in [0.15, 0.2) is 0 Å². The van der Waals surface area contributed by atoms with Gasteiger partial charge in [0.1, 0.15) is 11.5 Å². The van der Waals surface area contributed by atoms with Crippen LogP contribution in [0.1, 0.15) is 5.56 Å². The van der Waals surface area contributed by atoms with Crippen LogP contribution in [0.4, 0.5) is 0 Å². The Hall–Kier alpha value is -2.50. The van der Waals surface area contributed by atoms with Crippen molar-refractivity contribution >= 4 is 27.3 Å². The van der Waals surface area contributed by atoms with Crippen LogP contribution in [-0.2, 0) is 0 Å². The molecule has 3 nitrogen and oxygen atoms in total. The fourth-order valence-electron chi connectivity index (χ4n) is 3.19. The standard InChI is InChI=1S/C21H16BrNO2S/c1-12-9-13(22)4-6-15(12)20-17(16-7-5-14(24)10-18(16)25)11-23-21(20)19-3-2-8-26-19/h2-11,23-25H,1H3. The Balaban J connectivity index is 2.01. The maximum absolute atomic E-state index is 10.4. The Morgan fingerprint density at radius 3 is 2.46 bits per heavy atom. The number of benzene rings is 2. The van der Waals surface area contributed by atoms with Gasteiger partial charge in [-0.15, -0.1) is 11.3 Å². The summed E-state index contributed by atoms with van der Waals surface area (Å²) in [7, 11) is 0. The van der Waals surface area contributed by atoms with E-state index in [1.54, 1.807) is 23.5 Å². The average molecular weight is 426 g/mol. The maximum Gasteiger partial charge on any atom is 0.127 e. The first-order valence-corrected chi connectivity index (χ1v) is 9.76. The van der Waals surface area contributed by atoms with Gasteiger partial charge in [0, 0.05) is 33.4 Å². The molecule has 0 aliphatic rings. The van der Waals surface area contributed by atoms with Crippen molar-refractivity contribution in [2.24, 2.45) is 0 Å². The lowest BCUT2D eigenvalue weighted by atomic mass is 9.93. The Morgan fingerprint density at radius 1 is 0.962 bits per heavy atom. The molecular weight excluding hydrogens is 410 g/mol. The van der Waals surface area contributed by atoms with Gasteiger partial charge in [0.25, 0.3) is 0 Å². The highest BCUT2D eigenvalue weighted by Crippen LogP contribution is 2.45. The van der Waals surface area contributed by atoms with E-state index in [9.17, 15) is 10.2 Å². The van der Waals surface area contributed by atoms with Gasteiger partial charge in [-0.05, 0) is 53.8 Å². The number of aryl methyl sites for hydroxylation is 1. The number of hydrogen-bond acceptors (Lipinski definition) is 3. The lowest BCUT2D eigenvalue weighted by Gasteiger charge is -2.12. The zero-order chi connectivity index (χ0) is 18.3. The summed E-state index contributed by atoms with van der Waals surface area (Å²) in [4.78, 5) is 4.51. The van der Waals surface area contributed by atoms with Crippen LogP contribution in [-0.4, -0.2) is 15.2 Å². The average Bonchev–Trinajstić information content (AvgIpc) is 3.24. The molecule has 0 radical (unpaired) electrons. The highest BCUT2D eigenvalue weighted by molar-refractivity contribution is 9.10. The maximum atomic E-state index is 10.4. The zero-order valence-electron chi connectivity index (χ0n) is 14.0. The van der Waals surface area contributed by atoms with Gasteiger partial charge in [0.2, 0.25) is 0 Å². The van der Waals surface area contributed by atoms with Gasteiger partial charge in [-0.1, -0.05) is 28.1 Å². The van der Waals surface area contributed by atoms with E-state index in [0.29, 0.717) is 5.56 Å². The minimum Gasteiger partial charge on any atom is -0.508 e. The summed E-state index contributed by atoms with van der Waals surface area (Å²) in [5.74, 6) is 0.0967. The number of aromatic hydroxyl groups is 2. The van der Waals surface area contributed by atoms with Gasteiger partial charge >= 0.3 is 0 Å². The van der Waals surface area contributed by atoms with Crippen molar-refractivity contribution in [1.29, 1.82) is 0 Å². The Bertz CT molecular complexity index is 1080. The van der Waals surface area contributed by atoms with E-state index in [1.807, 2.05) is 23.7 Å². The SMILES string of the molecule is Cc1cc(Br)ccc1-c1c(-c2ccc(O)cc2O)c[nH]c1-c1cccs1. The first kappa shape index (κ1) is 16.9. The molecule has 130 valence electrons.